The van der Waals surface area contributed by atoms with Crippen molar-refractivity contribution in [2.24, 2.45) is 0 Å². The average Bonchev–Trinajstić information content (AvgIpc) is 2.57. The Morgan fingerprint density at radius 2 is 1.68 bits per heavy atom. The molecule has 2 aromatic carbocycles. The molecule has 1 amide bonds. The van der Waals surface area contributed by atoms with Crippen molar-refractivity contribution in [2.45, 2.75) is 32.6 Å². The first-order chi connectivity index (χ1) is 11.8. The lowest BCUT2D eigenvalue weighted by Crippen LogP contribution is -2.18. The summed E-state index contributed by atoms with van der Waals surface area (Å²) in [6, 6.07) is 15.0. The fraction of sp³-hybridized carbons (Fsp3) is 0.250. The summed E-state index contributed by atoms with van der Waals surface area (Å²) >= 11 is 0. The molecular weight excluding hydrogens is 314 g/mol. The third-order valence-corrected chi connectivity index (χ3v) is 4.14. The van der Waals surface area contributed by atoms with Gasteiger partial charge in [-0.15, -0.1) is 0 Å². The lowest BCUT2D eigenvalue weighted by atomic mass is 9.87. The van der Waals surface area contributed by atoms with Crippen molar-refractivity contribution < 1.29 is 4.79 Å². The van der Waals surface area contributed by atoms with Gasteiger partial charge in [-0.2, -0.15) is 5.10 Å². The number of anilines is 1. The Balaban J connectivity index is 1.77. The Bertz CT molecular complexity index is 967. The van der Waals surface area contributed by atoms with Gasteiger partial charge >= 0.3 is 0 Å². The predicted molar refractivity (Wildman–Crippen MR) is 99.8 cm³/mol. The number of carbonyl (C=O) groups excluding carboxylic acids is 1. The maximum Gasteiger partial charge on any atom is 0.272 e. The van der Waals surface area contributed by atoms with Gasteiger partial charge in [-0.3, -0.25) is 9.59 Å². The SMILES string of the molecule is CC(C)(C)c1ccc(NC(=O)Cc2n[nH]c(=O)c3ccccc23)cc1. The third-order valence-electron chi connectivity index (χ3n) is 4.14. The van der Waals surface area contributed by atoms with Crippen LogP contribution in [0.2, 0.25) is 0 Å². The second-order valence-corrected chi connectivity index (χ2v) is 7.10. The fourth-order valence-corrected chi connectivity index (χ4v) is 2.72. The summed E-state index contributed by atoms with van der Waals surface area (Å²) in [6.07, 6.45) is 0.0956. The molecule has 0 aliphatic rings. The zero-order valence-electron chi connectivity index (χ0n) is 14.6. The topological polar surface area (TPSA) is 74.8 Å². The normalized spacial score (nSPS) is 11.5. The van der Waals surface area contributed by atoms with Crippen molar-refractivity contribution in [3.05, 3.63) is 70.1 Å². The maximum absolute atomic E-state index is 12.3. The number of H-pyrrole nitrogens is 1. The van der Waals surface area contributed by atoms with E-state index >= 15 is 0 Å². The van der Waals surface area contributed by atoms with Crippen LogP contribution in [0.4, 0.5) is 5.69 Å². The van der Waals surface area contributed by atoms with Crippen molar-refractivity contribution in [1.29, 1.82) is 0 Å². The van der Waals surface area contributed by atoms with Crippen LogP contribution < -0.4 is 10.9 Å². The minimum absolute atomic E-state index is 0.0707. The van der Waals surface area contributed by atoms with Crippen molar-refractivity contribution in [2.75, 3.05) is 5.32 Å². The minimum atomic E-state index is -0.252. The number of benzene rings is 2. The molecule has 0 unspecified atom stereocenters. The van der Waals surface area contributed by atoms with Crippen LogP contribution in [0.15, 0.2) is 53.3 Å². The number of hydrogen-bond donors (Lipinski definition) is 2. The fourth-order valence-electron chi connectivity index (χ4n) is 2.72. The number of fused-ring (bicyclic) bond motifs is 1. The van der Waals surface area contributed by atoms with Crippen LogP contribution in [0, 0.1) is 0 Å². The van der Waals surface area contributed by atoms with Gasteiger partial charge in [0.25, 0.3) is 5.56 Å². The second-order valence-electron chi connectivity index (χ2n) is 7.10. The molecule has 0 atom stereocenters. The molecule has 0 fully saturated rings. The maximum atomic E-state index is 12.3. The molecular formula is C20H21N3O2. The molecule has 25 heavy (non-hydrogen) atoms. The van der Waals surface area contributed by atoms with Crippen LogP contribution in [0.5, 0.6) is 0 Å². The summed E-state index contributed by atoms with van der Waals surface area (Å²) in [6.45, 7) is 6.44. The van der Waals surface area contributed by atoms with Crippen molar-refractivity contribution >= 4 is 22.4 Å². The van der Waals surface area contributed by atoms with Gasteiger partial charge in [-0.25, -0.2) is 5.10 Å². The van der Waals surface area contributed by atoms with Crippen LogP contribution in [0.25, 0.3) is 10.8 Å². The molecule has 0 radical (unpaired) electrons. The number of nitrogens with zero attached hydrogens (tertiary/aromatic N) is 1. The average molecular weight is 335 g/mol. The molecule has 1 aromatic heterocycles. The van der Waals surface area contributed by atoms with Crippen molar-refractivity contribution in [1.82, 2.24) is 10.2 Å². The predicted octanol–water partition coefficient (Wildman–Crippen LogP) is 3.40. The molecule has 0 bridgehead atoms. The number of aromatic amines is 1. The van der Waals surface area contributed by atoms with Crippen LogP contribution in [-0.2, 0) is 16.6 Å². The lowest BCUT2D eigenvalue weighted by Gasteiger charge is -2.19. The molecule has 3 rings (SSSR count). The van der Waals surface area contributed by atoms with Gasteiger partial charge in [0.05, 0.1) is 17.5 Å². The van der Waals surface area contributed by atoms with Crippen molar-refractivity contribution in [3.63, 3.8) is 0 Å². The highest BCUT2D eigenvalue weighted by Gasteiger charge is 2.14. The van der Waals surface area contributed by atoms with Gasteiger partial charge in [-0.1, -0.05) is 51.1 Å². The zero-order chi connectivity index (χ0) is 18.0. The summed E-state index contributed by atoms with van der Waals surface area (Å²) in [7, 11) is 0. The number of rotatable bonds is 3. The Morgan fingerprint density at radius 3 is 2.32 bits per heavy atom. The first kappa shape index (κ1) is 16.9. The summed E-state index contributed by atoms with van der Waals surface area (Å²) in [4.78, 5) is 24.2. The summed E-state index contributed by atoms with van der Waals surface area (Å²) in [5, 5.41) is 10.6. The van der Waals surface area contributed by atoms with E-state index in [1.165, 1.54) is 5.56 Å². The standard InChI is InChI=1S/C20H21N3O2/c1-20(2,3)13-8-10-14(11-9-13)21-18(24)12-17-15-6-4-5-7-16(15)19(25)23-22-17/h4-11H,12H2,1-3H3,(H,21,24)(H,23,25). The molecule has 2 N–H and O–H groups in total. The van der Waals surface area contributed by atoms with Gasteiger partial charge in [0, 0.05) is 11.1 Å². The second kappa shape index (κ2) is 6.51. The quantitative estimate of drug-likeness (QED) is 0.770. The molecule has 5 heteroatoms. The zero-order valence-corrected chi connectivity index (χ0v) is 14.6. The van der Waals surface area contributed by atoms with E-state index in [9.17, 15) is 9.59 Å². The molecule has 0 aliphatic carbocycles. The summed E-state index contributed by atoms with van der Waals surface area (Å²) < 4.78 is 0. The van der Waals surface area contributed by atoms with E-state index in [1.54, 1.807) is 18.2 Å². The highest BCUT2D eigenvalue weighted by Crippen LogP contribution is 2.23. The molecule has 0 spiro atoms. The highest BCUT2D eigenvalue weighted by atomic mass is 16.1. The van der Waals surface area contributed by atoms with Gasteiger partial charge in [-0.05, 0) is 29.2 Å². The lowest BCUT2D eigenvalue weighted by molar-refractivity contribution is -0.115. The van der Waals surface area contributed by atoms with E-state index in [0.29, 0.717) is 16.5 Å². The van der Waals surface area contributed by atoms with E-state index in [2.05, 4.69) is 36.3 Å². The Labute approximate surface area is 146 Å². The number of amides is 1. The summed E-state index contributed by atoms with van der Waals surface area (Å²) in [5.74, 6) is -0.173. The number of aromatic nitrogens is 2. The highest BCUT2D eigenvalue weighted by molar-refractivity contribution is 5.95. The number of hydrogen-bond acceptors (Lipinski definition) is 3. The first-order valence-electron chi connectivity index (χ1n) is 8.21. The molecule has 128 valence electrons. The minimum Gasteiger partial charge on any atom is -0.326 e. The van der Waals surface area contributed by atoms with Crippen molar-refractivity contribution in [3.8, 4) is 0 Å². The third kappa shape index (κ3) is 3.76. The van der Waals surface area contributed by atoms with E-state index in [0.717, 1.165) is 5.69 Å². The Morgan fingerprint density at radius 1 is 1.04 bits per heavy atom. The monoisotopic (exact) mass is 335 g/mol. The van der Waals surface area contributed by atoms with Gasteiger partial charge in [0.15, 0.2) is 0 Å². The smallest absolute Gasteiger partial charge is 0.272 e. The molecule has 3 aromatic rings. The van der Waals surface area contributed by atoms with Crippen LogP contribution >= 0.6 is 0 Å². The Hall–Kier alpha value is -2.95. The first-order valence-corrected chi connectivity index (χ1v) is 8.21. The van der Waals surface area contributed by atoms with Crippen LogP contribution in [0.3, 0.4) is 0 Å². The molecule has 0 saturated carbocycles. The van der Waals surface area contributed by atoms with E-state index in [-0.39, 0.29) is 23.3 Å². The van der Waals surface area contributed by atoms with Gasteiger partial charge in [0.1, 0.15) is 0 Å². The summed E-state index contributed by atoms with van der Waals surface area (Å²) in [5.41, 5.74) is 2.32. The van der Waals surface area contributed by atoms with Gasteiger partial charge < -0.3 is 5.32 Å². The molecule has 5 nitrogen and oxygen atoms in total. The molecule has 1 heterocycles. The van der Waals surface area contributed by atoms with Gasteiger partial charge in [0.2, 0.25) is 5.91 Å². The largest absolute Gasteiger partial charge is 0.326 e. The Kier molecular flexibility index (Phi) is 4.40. The number of carbonyl (C=O) groups is 1. The van der Waals surface area contributed by atoms with Crippen LogP contribution in [0.1, 0.15) is 32.0 Å². The van der Waals surface area contributed by atoms with E-state index < -0.39 is 0 Å². The van der Waals surface area contributed by atoms with Crippen LogP contribution in [-0.4, -0.2) is 16.1 Å². The van der Waals surface area contributed by atoms with E-state index in [4.69, 9.17) is 0 Å². The molecule has 0 aliphatic heterocycles. The number of nitrogens with one attached hydrogen (secondary N) is 2. The molecule has 0 saturated heterocycles. The van der Waals surface area contributed by atoms with E-state index in [1.807, 2.05) is 30.3 Å².